The number of aromatic nitrogens is 4. The molecule has 12 nitrogen and oxygen atoms in total. The van der Waals surface area contributed by atoms with Gasteiger partial charge in [-0.3, -0.25) is 0 Å². The predicted octanol–water partition coefficient (Wildman–Crippen LogP) is 10.4. The number of nitrogens with zero attached hydrogens (tertiary/aromatic N) is 4. The van der Waals surface area contributed by atoms with Gasteiger partial charge in [-0.1, -0.05) is 36.4 Å². The Kier molecular flexibility index (Phi) is 14.4. The van der Waals surface area contributed by atoms with Crippen molar-refractivity contribution in [2.24, 2.45) is 0 Å². The number of nitrogens with one attached hydrogen (secondary N) is 2. The molecule has 61 heavy (non-hydrogen) atoms. The van der Waals surface area contributed by atoms with Crippen LogP contribution in [0.4, 0.5) is 25.0 Å². The van der Waals surface area contributed by atoms with Gasteiger partial charge in [0.05, 0.1) is 37.2 Å². The van der Waals surface area contributed by atoms with E-state index in [9.17, 15) is 13.6 Å². The van der Waals surface area contributed by atoms with Crippen molar-refractivity contribution >= 4 is 60.5 Å². The second-order valence-electron chi connectivity index (χ2n) is 13.2. The van der Waals surface area contributed by atoms with E-state index < -0.39 is 0 Å². The van der Waals surface area contributed by atoms with Crippen LogP contribution >= 0.6 is 22.7 Å². The van der Waals surface area contributed by atoms with Crippen LogP contribution in [-0.2, 0) is 0 Å². The highest BCUT2D eigenvalue weighted by atomic mass is 32.1. The summed E-state index contributed by atoms with van der Waals surface area (Å²) < 4.78 is 49.9. The number of anilines is 2. The lowest BCUT2D eigenvalue weighted by Gasteiger charge is -2.10. The first-order chi connectivity index (χ1) is 29.8. The SMILES string of the molecule is CCNC(=O)Nc1cccc(OCCCOc2ncnc3scc(-c4ccc(F)cc4)c23)c1.Nc1cccc(OCCCOc2ncnc3scc(-c4ccc(F)cc4)c23)c1. The van der Waals surface area contributed by atoms with Crippen LogP contribution in [-0.4, -0.2) is 58.9 Å². The third-order valence-electron chi connectivity index (χ3n) is 8.86. The molecule has 2 amide bonds. The first-order valence-electron chi connectivity index (χ1n) is 19.3. The van der Waals surface area contributed by atoms with Crippen LogP contribution in [0.3, 0.4) is 0 Å². The zero-order valence-electron chi connectivity index (χ0n) is 33.0. The molecule has 4 aromatic heterocycles. The lowest BCUT2D eigenvalue weighted by Crippen LogP contribution is -2.28. The third kappa shape index (κ3) is 11.4. The van der Waals surface area contributed by atoms with Gasteiger partial charge in [0.15, 0.2) is 0 Å². The number of rotatable bonds is 16. The van der Waals surface area contributed by atoms with Gasteiger partial charge in [0.2, 0.25) is 11.8 Å². The standard InChI is InChI=1S/C24H23FN4O3S.C21H18FN3O2S/c1-2-26-24(30)29-18-5-3-6-19(13-18)31-11-4-12-32-22-21-20(14-33-23(21)28-15-27-22)16-7-9-17(25)10-8-16;22-15-7-5-14(6-8-15)18-12-28-21-19(18)20(24-13-25-21)27-10-2-9-26-17-4-1-3-16(23)11-17/h3,5-10,13-15H,2,4,11-12H2,1H3,(H2,26,29,30);1,3-8,11-13H,2,9-10,23H2. The number of nitrogens with two attached hydrogens (primary N) is 1. The molecule has 312 valence electrons. The zero-order valence-corrected chi connectivity index (χ0v) is 34.6. The Morgan fingerprint density at radius 1 is 0.639 bits per heavy atom. The van der Waals surface area contributed by atoms with E-state index in [0.29, 0.717) is 74.7 Å². The highest BCUT2D eigenvalue weighted by Crippen LogP contribution is 2.39. The van der Waals surface area contributed by atoms with Crippen LogP contribution in [0.25, 0.3) is 42.7 Å². The maximum absolute atomic E-state index is 13.3. The van der Waals surface area contributed by atoms with Crippen LogP contribution in [0.1, 0.15) is 19.8 Å². The summed E-state index contributed by atoms with van der Waals surface area (Å²) in [5.74, 6) is 1.86. The Hall–Kier alpha value is -6.91. The molecule has 4 aromatic carbocycles. The van der Waals surface area contributed by atoms with E-state index in [1.54, 1.807) is 42.5 Å². The van der Waals surface area contributed by atoms with Crippen LogP contribution in [0.5, 0.6) is 23.3 Å². The number of benzene rings is 4. The number of carbonyl (C=O) groups excluding carboxylic acids is 1. The number of fused-ring (bicyclic) bond motifs is 2. The van der Waals surface area contributed by atoms with Crippen LogP contribution in [0, 0.1) is 11.6 Å². The zero-order chi connectivity index (χ0) is 42.4. The van der Waals surface area contributed by atoms with E-state index >= 15 is 0 Å². The Bertz CT molecular complexity index is 2680. The number of halogens is 2. The number of hydrogen-bond donors (Lipinski definition) is 3. The summed E-state index contributed by atoms with van der Waals surface area (Å²) in [5.41, 5.74) is 10.7. The van der Waals surface area contributed by atoms with Crippen molar-refractivity contribution in [3.8, 4) is 45.5 Å². The quantitative estimate of drug-likeness (QED) is 0.0631. The number of urea groups is 1. The molecule has 0 bridgehead atoms. The number of carbonyl (C=O) groups is 1. The molecule has 0 spiro atoms. The van der Waals surface area contributed by atoms with E-state index in [2.05, 4.69) is 30.6 Å². The average molecular weight is 862 g/mol. The summed E-state index contributed by atoms with van der Waals surface area (Å²) in [6.45, 7) is 4.21. The van der Waals surface area contributed by atoms with Crippen molar-refractivity contribution in [2.75, 3.05) is 44.0 Å². The highest BCUT2D eigenvalue weighted by Gasteiger charge is 2.16. The summed E-state index contributed by atoms with van der Waals surface area (Å²) in [6, 6.07) is 27.0. The van der Waals surface area contributed by atoms with Gasteiger partial charge in [-0.05, 0) is 66.6 Å². The topological polar surface area (TPSA) is 156 Å². The Morgan fingerprint density at radius 3 is 1.64 bits per heavy atom. The van der Waals surface area contributed by atoms with Crippen molar-refractivity contribution in [3.05, 3.63) is 132 Å². The minimum absolute atomic E-state index is 0.257. The molecule has 0 aliphatic rings. The number of hydrogen-bond acceptors (Lipinski definition) is 12. The average Bonchev–Trinajstić information content (AvgIpc) is 3.91. The molecule has 0 aliphatic carbocycles. The number of nitrogen functional groups attached to an aromatic ring is 1. The van der Waals surface area contributed by atoms with Gasteiger partial charge in [0, 0.05) is 64.8 Å². The molecule has 8 aromatic rings. The van der Waals surface area contributed by atoms with Gasteiger partial charge in [0.25, 0.3) is 0 Å². The number of amides is 2. The monoisotopic (exact) mass is 861 g/mol. The Labute approximate surface area is 358 Å². The van der Waals surface area contributed by atoms with E-state index in [1.807, 2.05) is 48.0 Å². The number of thiophene rings is 2. The van der Waals surface area contributed by atoms with Gasteiger partial charge in [-0.25, -0.2) is 33.5 Å². The van der Waals surface area contributed by atoms with Crippen molar-refractivity contribution in [3.63, 3.8) is 0 Å². The maximum Gasteiger partial charge on any atom is 0.319 e. The molecule has 0 unspecified atom stereocenters. The minimum atomic E-state index is -0.281. The first-order valence-corrected chi connectivity index (χ1v) is 21.1. The predicted molar refractivity (Wildman–Crippen MR) is 237 cm³/mol. The van der Waals surface area contributed by atoms with Crippen LogP contribution in [0.2, 0.25) is 0 Å². The van der Waals surface area contributed by atoms with Gasteiger partial charge in [-0.2, -0.15) is 0 Å². The molecular weight excluding hydrogens is 821 g/mol. The van der Waals surface area contributed by atoms with Gasteiger partial charge in [0.1, 0.15) is 45.4 Å². The largest absolute Gasteiger partial charge is 0.493 e. The number of ether oxygens (including phenoxy) is 4. The van der Waals surface area contributed by atoms with Crippen LogP contribution < -0.4 is 35.3 Å². The summed E-state index contributed by atoms with van der Waals surface area (Å²) in [4.78, 5) is 30.5. The molecule has 16 heteroatoms. The molecule has 0 saturated carbocycles. The molecule has 0 radical (unpaired) electrons. The molecule has 4 N–H and O–H groups in total. The summed E-state index contributed by atoms with van der Waals surface area (Å²) in [7, 11) is 0. The normalized spacial score (nSPS) is 10.8. The Morgan fingerprint density at radius 2 is 1.13 bits per heavy atom. The molecule has 0 fully saturated rings. The van der Waals surface area contributed by atoms with Gasteiger partial charge >= 0.3 is 6.03 Å². The van der Waals surface area contributed by atoms with Crippen molar-refractivity contribution < 1.29 is 32.5 Å². The summed E-state index contributed by atoms with van der Waals surface area (Å²) in [6.07, 6.45) is 4.30. The second kappa shape index (κ2) is 20.9. The van der Waals surface area contributed by atoms with Crippen molar-refractivity contribution in [2.45, 2.75) is 19.8 Å². The Balaban J connectivity index is 0.000000186. The molecule has 8 rings (SSSR count). The fourth-order valence-corrected chi connectivity index (χ4v) is 7.85. The molecule has 0 saturated heterocycles. The van der Waals surface area contributed by atoms with Gasteiger partial charge < -0.3 is 35.3 Å². The second-order valence-corrected chi connectivity index (χ2v) is 14.9. The van der Waals surface area contributed by atoms with Crippen LogP contribution in [0.15, 0.2) is 120 Å². The fourth-order valence-electron chi connectivity index (χ4n) is 6.04. The molecular formula is C45H41F2N7O5S2. The smallest absolute Gasteiger partial charge is 0.319 e. The summed E-state index contributed by atoms with van der Waals surface area (Å²) >= 11 is 3.00. The molecule has 4 heterocycles. The lowest BCUT2D eigenvalue weighted by atomic mass is 10.1. The first kappa shape index (κ1) is 42.2. The van der Waals surface area contributed by atoms with E-state index in [0.717, 1.165) is 48.4 Å². The fraction of sp³-hybridized carbons (Fsp3) is 0.178. The summed E-state index contributed by atoms with van der Waals surface area (Å²) in [5, 5.41) is 11.1. The highest BCUT2D eigenvalue weighted by molar-refractivity contribution is 7.17. The van der Waals surface area contributed by atoms with E-state index in [1.165, 1.54) is 59.6 Å². The minimum Gasteiger partial charge on any atom is -0.493 e. The molecule has 0 atom stereocenters. The van der Waals surface area contributed by atoms with E-state index in [4.69, 9.17) is 24.7 Å². The maximum atomic E-state index is 13.3. The van der Waals surface area contributed by atoms with E-state index in [-0.39, 0.29) is 17.7 Å². The third-order valence-corrected chi connectivity index (χ3v) is 10.6. The van der Waals surface area contributed by atoms with Gasteiger partial charge in [-0.15, -0.1) is 22.7 Å². The van der Waals surface area contributed by atoms with Crippen molar-refractivity contribution in [1.82, 2.24) is 25.3 Å². The van der Waals surface area contributed by atoms with Crippen molar-refractivity contribution in [1.29, 1.82) is 0 Å². The molecule has 0 aliphatic heterocycles. The lowest BCUT2D eigenvalue weighted by molar-refractivity contribution is 0.244.